The van der Waals surface area contributed by atoms with Crippen LogP contribution in [0.25, 0.3) is 0 Å². The second-order valence-electron chi connectivity index (χ2n) is 4.30. The van der Waals surface area contributed by atoms with E-state index in [-0.39, 0.29) is 0 Å². The van der Waals surface area contributed by atoms with E-state index in [9.17, 15) is 0 Å². The van der Waals surface area contributed by atoms with Gasteiger partial charge in [-0.25, -0.2) is 9.97 Å². The molecule has 94 valence electrons. The van der Waals surface area contributed by atoms with Gasteiger partial charge in [-0.05, 0) is 35.2 Å². The van der Waals surface area contributed by atoms with Crippen LogP contribution < -0.4 is 5.32 Å². The summed E-state index contributed by atoms with van der Waals surface area (Å²) in [6.45, 7) is 3.78. The lowest BCUT2D eigenvalue weighted by Gasteiger charge is -2.23. The van der Waals surface area contributed by atoms with Gasteiger partial charge in [0.25, 0.3) is 0 Å². The SMILES string of the molecule is CCCc1nc(Br)cc(NC2CCCOC2)n1. The molecule has 0 spiro atoms. The third kappa shape index (κ3) is 3.92. The molecule has 2 rings (SSSR count). The van der Waals surface area contributed by atoms with Crippen LogP contribution in [0.4, 0.5) is 5.82 Å². The highest BCUT2D eigenvalue weighted by Crippen LogP contribution is 2.16. The molecule has 0 aromatic carbocycles. The molecule has 0 aliphatic carbocycles. The Hall–Kier alpha value is -0.680. The van der Waals surface area contributed by atoms with E-state index in [1.165, 1.54) is 0 Å². The maximum Gasteiger partial charge on any atom is 0.132 e. The molecular formula is C12H18BrN3O. The van der Waals surface area contributed by atoms with Crippen LogP contribution in [0.5, 0.6) is 0 Å². The number of hydrogen-bond donors (Lipinski definition) is 1. The zero-order chi connectivity index (χ0) is 12.1. The quantitative estimate of drug-likeness (QED) is 0.869. The van der Waals surface area contributed by atoms with Gasteiger partial charge < -0.3 is 10.1 Å². The van der Waals surface area contributed by atoms with Gasteiger partial charge >= 0.3 is 0 Å². The Morgan fingerprint density at radius 2 is 2.41 bits per heavy atom. The molecule has 1 aliphatic rings. The highest BCUT2D eigenvalue weighted by Gasteiger charge is 2.14. The van der Waals surface area contributed by atoms with Gasteiger partial charge in [0.15, 0.2) is 0 Å². The van der Waals surface area contributed by atoms with E-state index in [2.05, 4.69) is 38.1 Å². The summed E-state index contributed by atoms with van der Waals surface area (Å²) in [6.07, 6.45) is 4.23. The van der Waals surface area contributed by atoms with E-state index in [1.54, 1.807) is 0 Å². The zero-order valence-corrected chi connectivity index (χ0v) is 11.7. The van der Waals surface area contributed by atoms with Crippen molar-refractivity contribution in [2.75, 3.05) is 18.5 Å². The molecule has 0 radical (unpaired) electrons. The normalized spacial score (nSPS) is 20.2. The molecule has 0 saturated carbocycles. The smallest absolute Gasteiger partial charge is 0.132 e. The number of aryl methyl sites for hydroxylation is 1. The topological polar surface area (TPSA) is 47.0 Å². The monoisotopic (exact) mass is 299 g/mol. The van der Waals surface area contributed by atoms with Gasteiger partial charge in [-0.15, -0.1) is 0 Å². The van der Waals surface area contributed by atoms with Crippen molar-refractivity contribution in [1.82, 2.24) is 9.97 Å². The Morgan fingerprint density at radius 3 is 3.12 bits per heavy atom. The van der Waals surface area contributed by atoms with Crippen molar-refractivity contribution in [2.24, 2.45) is 0 Å². The summed E-state index contributed by atoms with van der Waals surface area (Å²) in [4.78, 5) is 8.86. The molecule has 1 aliphatic heterocycles. The molecule has 1 aromatic heterocycles. The van der Waals surface area contributed by atoms with Gasteiger partial charge in [-0.1, -0.05) is 6.92 Å². The molecule has 0 amide bonds. The first-order valence-corrected chi connectivity index (χ1v) is 6.95. The van der Waals surface area contributed by atoms with Crippen LogP contribution in [-0.2, 0) is 11.2 Å². The molecule has 5 heteroatoms. The van der Waals surface area contributed by atoms with Gasteiger partial charge in [0.05, 0.1) is 12.6 Å². The average molecular weight is 300 g/mol. The first kappa shape index (κ1) is 12.8. The summed E-state index contributed by atoms with van der Waals surface area (Å²) >= 11 is 3.43. The molecule has 1 atom stereocenters. The van der Waals surface area contributed by atoms with E-state index < -0.39 is 0 Å². The third-order valence-corrected chi connectivity index (χ3v) is 3.13. The molecule has 1 N–H and O–H groups in total. The Kier molecular flexibility index (Phi) is 4.74. The van der Waals surface area contributed by atoms with E-state index in [0.717, 1.165) is 55.1 Å². The van der Waals surface area contributed by atoms with Crippen molar-refractivity contribution in [2.45, 2.75) is 38.6 Å². The van der Waals surface area contributed by atoms with Crippen molar-refractivity contribution in [3.05, 3.63) is 16.5 Å². The van der Waals surface area contributed by atoms with Gasteiger partial charge in [-0.3, -0.25) is 0 Å². The molecule has 1 saturated heterocycles. The second-order valence-corrected chi connectivity index (χ2v) is 5.11. The fraction of sp³-hybridized carbons (Fsp3) is 0.667. The number of nitrogens with one attached hydrogen (secondary N) is 1. The van der Waals surface area contributed by atoms with Gasteiger partial charge in [0.2, 0.25) is 0 Å². The maximum atomic E-state index is 5.44. The molecular weight excluding hydrogens is 282 g/mol. The molecule has 2 heterocycles. The highest BCUT2D eigenvalue weighted by molar-refractivity contribution is 9.10. The second kappa shape index (κ2) is 6.31. The number of hydrogen-bond acceptors (Lipinski definition) is 4. The van der Waals surface area contributed by atoms with Gasteiger partial charge in [0, 0.05) is 19.1 Å². The number of anilines is 1. The molecule has 1 aromatic rings. The molecule has 1 fully saturated rings. The van der Waals surface area contributed by atoms with Crippen molar-refractivity contribution in [1.29, 1.82) is 0 Å². The third-order valence-electron chi connectivity index (χ3n) is 2.73. The van der Waals surface area contributed by atoms with Crippen LogP contribution in [0.15, 0.2) is 10.7 Å². The van der Waals surface area contributed by atoms with Crippen molar-refractivity contribution >= 4 is 21.7 Å². The highest BCUT2D eigenvalue weighted by atomic mass is 79.9. The number of halogens is 1. The number of ether oxygens (including phenoxy) is 1. The standard InChI is InChI=1S/C12H18BrN3O/c1-2-4-11-15-10(13)7-12(16-11)14-9-5-3-6-17-8-9/h7,9H,2-6,8H2,1H3,(H,14,15,16). The number of aromatic nitrogens is 2. The van der Waals surface area contributed by atoms with E-state index in [4.69, 9.17) is 4.74 Å². The summed E-state index contributed by atoms with van der Waals surface area (Å²) < 4.78 is 6.29. The number of rotatable bonds is 4. The van der Waals surface area contributed by atoms with Crippen LogP contribution in [0.1, 0.15) is 32.0 Å². The van der Waals surface area contributed by atoms with Crippen LogP contribution in [-0.4, -0.2) is 29.2 Å². The largest absolute Gasteiger partial charge is 0.379 e. The van der Waals surface area contributed by atoms with Crippen LogP contribution in [0, 0.1) is 0 Å². The van der Waals surface area contributed by atoms with Crippen molar-refractivity contribution in [3.63, 3.8) is 0 Å². The predicted molar refractivity (Wildman–Crippen MR) is 71.2 cm³/mol. The number of nitrogens with zero attached hydrogens (tertiary/aromatic N) is 2. The molecule has 1 unspecified atom stereocenters. The fourth-order valence-electron chi connectivity index (χ4n) is 1.94. The Labute approximate surface area is 110 Å². The minimum atomic E-state index is 0.375. The Bertz CT molecular complexity index is 367. The summed E-state index contributed by atoms with van der Waals surface area (Å²) in [7, 11) is 0. The summed E-state index contributed by atoms with van der Waals surface area (Å²) in [5.41, 5.74) is 0. The molecule has 17 heavy (non-hydrogen) atoms. The van der Waals surface area contributed by atoms with Crippen LogP contribution in [0.3, 0.4) is 0 Å². The van der Waals surface area contributed by atoms with Crippen molar-refractivity contribution in [3.8, 4) is 0 Å². The minimum absolute atomic E-state index is 0.375. The first-order valence-electron chi connectivity index (χ1n) is 6.15. The summed E-state index contributed by atoms with van der Waals surface area (Å²) in [6, 6.07) is 2.30. The van der Waals surface area contributed by atoms with Gasteiger partial charge in [-0.2, -0.15) is 0 Å². The van der Waals surface area contributed by atoms with E-state index in [1.807, 2.05) is 6.07 Å². The lowest BCUT2D eigenvalue weighted by molar-refractivity contribution is 0.0875. The summed E-state index contributed by atoms with van der Waals surface area (Å²) in [5, 5.41) is 3.41. The minimum Gasteiger partial charge on any atom is -0.379 e. The lowest BCUT2D eigenvalue weighted by atomic mass is 10.1. The Morgan fingerprint density at radius 1 is 1.53 bits per heavy atom. The Balaban J connectivity index is 2.03. The first-order chi connectivity index (χ1) is 8.28. The van der Waals surface area contributed by atoms with Crippen LogP contribution in [0.2, 0.25) is 0 Å². The lowest BCUT2D eigenvalue weighted by Crippen LogP contribution is -2.30. The fourth-order valence-corrected chi connectivity index (χ4v) is 2.36. The van der Waals surface area contributed by atoms with Crippen LogP contribution >= 0.6 is 15.9 Å². The van der Waals surface area contributed by atoms with Gasteiger partial charge in [0.1, 0.15) is 16.2 Å². The van der Waals surface area contributed by atoms with Crippen molar-refractivity contribution < 1.29 is 4.74 Å². The molecule has 4 nitrogen and oxygen atoms in total. The maximum absolute atomic E-state index is 5.44. The van der Waals surface area contributed by atoms with E-state index >= 15 is 0 Å². The predicted octanol–water partition coefficient (Wildman–Crippen LogP) is 2.78. The average Bonchev–Trinajstić information content (AvgIpc) is 2.30. The zero-order valence-electron chi connectivity index (χ0n) is 10.1. The molecule has 0 bridgehead atoms. The van der Waals surface area contributed by atoms with E-state index in [0.29, 0.717) is 6.04 Å². The summed E-state index contributed by atoms with van der Waals surface area (Å²) in [5.74, 6) is 1.78.